The third-order valence-corrected chi connectivity index (χ3v) is 3.95. The first-order valence-electron chi connectivity index (χ1n) is 7.06. The number of methoxy groups -OCH3 is 1. The summed E-state index contributed by atoms with van der Waals surface area (Å²) < 4.78 is 10.8. The third-order valence-electron chi connectivity index (χ3n) is 3.95. The monoisotopic (exact) mass is 276 g/mol. The SMILES string of the molecule is COc1cccc(C2NCC(=O)N2C2CCCOC2)c1. The van der Waals surface area contributed by atoms with Gasteiger partial charge in [0.15, 0.2) is 0 Å². The molecular formula is C15H20N2O3. The summed E-state index contributed by atoms with van der Waals surface area (Å²) in [4.78, 5) is 14.1. The molecule has 2 fully saturated rings. The summed E-state index contributed by atoms with van der Waals surface area (Å²) >= 11 is 0. The second-order valence-electron chi connectivity index (χ2n) is 5.23. The van der Waals surface area contributed by atoms with Gasteiger partial charge < -0.3 is 14.4 Å². The molecule has 2 aliphatic rings. The third kappa shape index (κ3) is 2.51. The van der Waals surface area contributed by atoms with Crippen LogP contribution in [0.2, 0.25) is 0 Å². The molecule has 2 unspecified atom stereocenters. The van der Waals surface area contributed by atoms with Crippen molar-refractivity contribution in [3.8, 4) is 5.75 Å². The average Bonchev–Trinajstić information content (AvgIpc) is 2.90. The number of hydrogen-bond donors (Lipinski definition) is 1. The van der Waals surface area contributed by atoms with Crippen LogP contribution in [0, 0.1) is 0 Å². The molecule has 1 aromatic carbocycles. The van der Waals surface area contributed by atoms with E-state index >= 15 is 0 Å². The van der Waals surface area contributed by atoms with Crippen molar-refractivity contribution in [2.45, 2.75) is 25.0 Å². The van der Waals surface area contributed by atoms with Gasteiger partial charge in [-0.1, -0.05) is 12.1 Å². The van der Waals surface area contributed by atoms with Crippen LogP contribution in [0.3, 0.4) is 0 Å². The van der Waals surface area contributed by atoms with Crippen LogP contribution in [0.1, 0.15) is 24.6 Å². The second-order valence-corrected chi connectivity index (χ2v) is 5.23. The van der Waals surface area contributed by atoms with Gasteiger partial charge in [0.25, 0.3) is 0 Å². The van der Waals surface area contributed by atoms with Crippen molar-refractivity contribution in [3.63, 3.8) is 0 Å². The van der Waals surface area contributed by atoms with Crippen LogP contribution in [0.5, 0.6) is 5.75 Å². The van der Waals surface area contributed by atoms with Crippen molar-refractivity contribution in [2.75, 3.05) is 26.9 Å². The van der Waals surface area contributed by atoms with Crippen molar-refractivity contribution in [2.24, 2.45) is 0 Å². The van der Waals surface area contributed by atoms with Crippen molar-refractivity contribution in [1.82, 2.24) is 10.2 Å². The number of carbonyl (C=O) groups is 1. The molecule has 1 aromatic rings. The molecule has 20 heavy (non-hydrogen) atoms. The zero-order valence-electron chi connectivity index (χ0n) is 11.7. The highest BCUT2D eigenvalue weighted by atomic mass is 16.5. The van der Waals surface area contributed by atoms with Gasteiger partial charge in [-0.05, 0) is 30.5 Å². The van der Waals surface area contributed by atoms with Crippen molar-refractivity contribution >= 4 is 5.91 Å². The number of ether oxygens (including phenoxy) is 2. The summed E-state index contributed by atoms with van der Waals surface area (Å²) in [5.41, 5.74) is 1.06. The minimum Gasteiger partial charge on any atom is -0.497 e. The normalized spacial score (nSPS) is 26.9. The number of benzene rings is 1. The van der Waals surface area contributed by atoms with Gasteiger partial charge in [0.2, 0.25) is 5.91 Å². The van der Waals surface area contributed by atoms with Gasteiger partial charge >= 0.3 is 0 Å². The van der Waals surface area contributed by atoms with E-state index in [9.17, 15) is 4.79 Å². The largest absolute Gasteiger partial charge is 0.497 e. The van der Waals surface area contributed by atoms with Crippen molar-refractivity contribution in [1.29, 1.82) is 0 Å². The fraction of sp³-hybridized carbons (Fsp3) is 0.533. The summed E-state index contributed by atoms with van der Waals surface area (Å²) in [5.74, 6) is 0.955. The number of nitrogens with zero attached hydrogens (tertiary/aromatic N) is 1. The molecule has 0 bridgehead atoms. The van der Waals surface area contributed by atoms with E-state index in [2.05, 4.69) is 5.32 Å². The summed E-state index contributed by atoms with van der Waals surface area (Å²) in [7, 11) is 1.65. The first-order chi connectivity index (χ1) is 9.79. The fourth-order valence-electron chi connectivity index (χ4n) is 2.97. The smallest absolute Gasteiger partial charge is 0.238 e. The van der Waals surface area contributed by atoms with Crippen molar-refractivity contribution < 1.29 is 14.3 Å². The summed E-state index contributed by atoms with van der Waals surface area (Å²) in [6.45, 7) is 1.82. The van der Waals surface area contributed by atoms with Crippen LogP contribution in [0.4, 0.5) is 0 Å². The fourth-order valence-corrected chi connectivity index (χ4v) is 2.97. The highest BCUT2D eigenvalue weighted by Crippen LogP contribution is 2.29. The molecule has 108 valence electrons. The van der Waals surface area contributed by atoms with Crippen LogP contribution >= 0.6 is 0 Å². The second kappa shape index (κ2) is 5.81. The molecule has 0 aromatic heterocycles. The molecule has 2 atom stereocenters. The maximum atomic E-state index is 12.2. The Kier molecular flexibility index (Phi) is 3.89. The van der Waals surface area contributed by atoms with Gasteiger partial charge in [0.1, 0.15) is 11.9 Å². The zero-order valence-corrected chi connectivity index (χ0v) is 11.7. The van der Waals surface area contributed by atoms with Crippen LogP contribution in [0.25, 0.3) is 0 Å². The van der Waals surface area contributed by atoms with Gasteiger partial charge in [0, 0.05) is 6.61 Å². The van der Waals surface area contributed by atoms with E-state index in [4.69, 9.17) is 9.47 Å². The Bertz CT molecular complexity index is 486. The molecule has 1 N–H and O–H groups in total. The maximum absolute atomic E-state index is 12.2. The highest BCUT2D eigenvalue weighted by molar-refractivity contribution is 5.81. The molecule has 1 amide bonds. The molecule has 5 nitrogen and oxygen atoms in total. The van der Waals surface area contributed by atoms with E-state index in [0.29, 0.717) is 13.2 Å². The Labute approximate surface area is 118 Å². The van der Waals surface area contributed by atoms with Gasteiger partial charge in [-0.2, -0.15) is 0 Å². The number of nitrogens with one attached hydrogen (secondary N) is 1. The Morgan fingerprint density at radius 2 is 2.35 bits per heavy atom. The maximum Gasteiger partial charge on any atom is 0.238 e. The Morgan fingerprint density at radius 1 is 1.45 bits per heavy atom. The first kappa shape index (κ1) is 13.4. The van der Waals surface area contributed by atoms with E-state index in [1.54, 1.807) is 7.11 Å². The molecular weight excluding hydrogens is 256 g/mol. The molecule has 0 saturated carbocycles. The number of rotatable bonds is 3. The van der Waals surface area contributed by atoms with Crippen molar-refractivity contribution in [3.05, 3.63) is 29.8 Å². The predicted molar refractivity (Wildman–Crippen MR) is 74.4 cm³/mol. The summed E-state index contributed by atoms with van der Waals surface area (Å²) in [6.07, 6.45) is 1.94. The molecule has 2 saturated heterocycles. The number of hydrogen-bond acceptors (Lipinski definition) is 4. The van der Waals surface area contributed by atoms with E-state index in [1.165, 1.54) is 0 Å². The lowest BCUT2D eigenvalue weighted by Gasteiger charge is -2.35. The first-order valence-corrected chi connectivity index (χ1v) is 7.06. The Hall–Kier alpha value is -1.59. The number of carbonyl (C=O) groups excluding carboxylic acids is 1. The minimum absolute atomic E-state index is 0.0794. The van der Waals surface area contributed by atoms with Gasteiger partial charge in [-0.25, -0.2) is 0 Å². The Morgan fingerprint density at radius 3 is 3.10 bits per heavy atom. The minimum atomic E-state index is -0.0794. The topological polar surface area (TPSA) is 50.8 Å². The van der Waals surface area contributed by atoms with Crippen LogP contribution in [0.15, 0.2) is 24.3 Å². The van der Waals surface area contributed by atoms with E-state index in [0.717, 1.165) is 30.8 Å². The molecule has 0 aliphatic carbocycles. The van der Waals surface area contributed by atoms with E-state index in [1.807, 2.05) is 29.2 Å². The summed E-state index contributed by atoms with van der Waals surface area (Å²) in [5, 5.41) is 3.29. The lowest BCUT2D eigenvalue weighted by atomic mass is 10.1. The Balaban J connectivity index is 1.84. The lowest BCUT2D eigenvalue weighted by molar-refractivity contribution is -0.133. The molecule has 2 heterocycles. The quantitative estimate of drug-likeness (QED) is 0.904. The predicted octanol–water partition coefficient (Wildman–Crippen LogP) is 1.30. The summed E-state index contributed by atoms with van der Waals surface area (Å²) in [6, 6.07) is 8.03. The molecule has 3 rings (SSSR count). The van der Waals surface area contributed by atoms with Gasteiger partial charge in [0.05, 0.1) is 26.3 Å². The number of amides is 1. The van der Waals surface area contributed by atoms with Crippen LogP contribution < -0.4 is 10.1 Å². The molecule has 2 aliphatic heterocycles. The molecule has 0 radical (unpaired) electrons. The van der Waals surface area contributed by atoms with Gasteiger partial charge in [-0.3, -0.25) is 10.1 Å². The zero-order chi connectivity index (χ0) is 13.9. The van der Waals surface area contributed by atoms with Crippen LogP contribution in [-0.2, 0) is 9.53 Å². The van der Waals surface area contributed by atoms with Gasteiger partial charge in [-0.15, -0.1) is 0 Å². The van der Waals surface area contributed by atoms with Crippen LogP contribution in [-0.4, -0.2) is 43.7 Å². The lowest BCUT2D eigenvalue weighted by Crippen LogP contribution is -2.44. The van der Waals surface area contributed by atoms with E-state index in [-0.39, 0.29) is 18.1 Å². The average molecular weight is 276 g/mol. The van der Waals surface area contributed by atoms with E-state index < -0.39 is 0 Å². The molecule has 5 heteroatoms. The highest BCUT2D eigenvalue weighted by Gasteiger charge is 2.37. The molecule has 0 spiro atoms. The standard InChI is InChI=1S/C15H20N2O3/c1-19-13-6-2-4-11(8-13)15-16-9-14(18)17(15)12-5-3-7-20-10-12/h2,4,6,8,12,15-16H,3,5,7,9-10H2,1H3.